The maximum Gasteiger partial charge on any atom is 0.234 e. The van der Waals surface area contributed by atoms with E-state index in [0.29, 0.717) is 19.0 Å². The molecule has 0 bridgehead atoms. The average Bonchev–Trinajstić information content (AvgIpc) is 3.04. The lowest BCUT2D eigenvalue weighted by molar-refractivity contribution is -0.140. The Morgan fingerprint density at radius 2 is 1.87 bits per heavy atom. The van der Waals surface area contributed by atoms with Crippen LogP contribution in [0.25, 0.3) is 0 Å². The molecule has 2 amide bonds. The molecule has 0 aromatic carbocycles. The second kappa shape index (κ2) is 3.30. The van der Waals surface area contributed by atoms with E-state index >= 15 is 0 Å². The average molecular weight is 208 g/mol. The number of hydrogen-bond donors (Lipinski definition) is 1. The van der Waals surface area contributed by atoms with Gasteiger partial charge in [-0.05, 0) is 31.7 Å². The number of amides is 2. The molecule has 4 heteroatoms. The highest BCUT2D eigenvalue weighted by Crippen LogP contribution is 2.35. The van der Waals surface area contributed by atoms with E-state index in [1.165, 1.54) is 17.7 Å². The van der Waals surface area contributed by atoms with Crippen molar-refractivity contribution in [3.8, 4) is 0 Å². The van der Waals surface area contributed by atoms with Crippen LogP contribution in [-0.4, -0.2) is 36.3 Å². The van der Waals surface area contributed by atoms with E-state index < -0.39 is 0 Å². The normalized spacial score (nSPS) is 35.9. The van der Waals surface area contributed by atoms with Crippen molar-refractivity contribution in [1.82, 2.24) is 10.2 Å². The third-order valence-electron chi connectivity index (χ3n) is 3.79. The van der Waals surface area contributed by atoms with Crippen molar-refractivity contribution in [2.45, 2.75) is 19.3 Å². The molecule has 0 aromatic heterocycles. The largest absolute Gasteiger partial charge is 0.316 e. The first-order valence-corrected chi connectivity index (χ1v) is 5.83. The minimum absolute atomic E-state index is 0.0162. The molecule has 15 heavy (non-hydrogen) atoms. The van der Waals surface area contributed by atoms with E-state index in [4.69, 9.17) is 0 Å². The van der Waals surface area contributed by atoms with Crippen molar-refractivity contribution in [1.29, 1.82) is 0 Å². The second-order valence-electron chi connectivity index (χ2n) is 4.94. The highest BCUT2D eigenvalue weighted by atomic mass is 16.2. The summed E-state index contributed by atoms with van der Waals surface area (Å²) in [5.41, 5.74) is 0. The van der Waals surface area contributed by atoms with Crippen molar-refractivity contribution in [2.75, 3.05) is 19.6 Å². The van der Waals surface area contributed by atoms with Gasteiger partial charge in [-0.15, -0.1) is 0 Å². The highest BCUT2D eigenvalue weighted by Gasteiger charge is 2.49. The molecule has 4 nitrogen and oxygen atoms in total. The Labute approximate surface area is 89.0 Å². The third kappa shape index (κ3) is 1.47. The summed E-state index contributed by atoms with van der Waals surface area (Å²) < 4.78 is 0. The molecular formula is C11H16N2O2. The molecule has 3 fully saturated rings. The molecule has 2 heterocycles. The number of imide groups is 1. The SMILES string of the molecule is O=C1[C@H]2CCNC[C@@H]2C(=O)N1CC1CC1. The van der Waals surface area contributed by atoms with E-state index in [2.05, 4.69) is 5.32 Å². The number of rotatable bonds is 2. The van der Waals surface area contributed by atoms with Gasteiger partial charge in [-0.3, -0.25) is 14.5 Å². The van der Waals surface area contributed by atoms with Gasteiger partial charge < -0.3 is 5.32 Å². The fourth-order valence-corrected chi connectivity index (χ4v) is 2.66. The Hall–Kier alpha value is -0.900. The van der Waals surface area contributed by atoms with E-state index in [0.717, 1.165) is 13.0 Å². The summed E-state index contributed by atoms with van der Waals surface area (Å²) >= 11 is 0. The van der Waals surface area contributed by atoms with Crippen LogP contribution in [0.5, 0.6) is 0 Å². The zero-order valence-electron chi connectivity index (χ0n) is 8.74. The van der Waals surface area contributed by atoms with Crippen molar-refractivity contribution in [3.63, 3.8) is 0 Å². The Morgan fingerprint density at radius 1 is 1.13 bits per heavy atom. The molecule has 1 N–H and O–H groups in total. The van der Waals surface area contributed by atoms with Gasteiger partial charge in [0.1, 0.15) is 0 Å². The topological polar surface area (TPSA) is 49.4 Å². The minimum atomic E-state index is -0.0648. The van der Waals surface area contributed by atoms with Gasteiger partial charge in [0.05, 0.1) is 11.8 Å². The summed E-state index contributed by atoms with van der Waals surface area (Å²) in [6.45, 7) is 2.25. The van der Waals surface area contributed by atoms with Gasteiger partial charge in [-0.2, -0.15) is 0 Å². The van der Waals surface area contributed by atoms with Crippen molar-refractivity contribution >= 4 is 11.8 Å². The molecule has 0 spiro atoms. The predicted octanol–water partition coefficient (Wildman–Crippen LogP) is -0.00910. The van der Waals surface area contributed by atoms with Crippen LogP contribution in [0.3, 0.4) is 0 Å². The molecule has 2 atom stereocenters. The molecular weight excluding hydrogens is 192 g/mol. The Kier molecular flexibility index (Phi) is 2.06. The van der Waals surface area contributed by atoms with E-state index in [1.54, 1.807) is 0 Å². The van der Waals surface area contributed by atoms with Crippen LogP contribution in [-0.2, 0) is 9.59 Å². The third-order valence-corrected chi connectivity index (χ3v) is 3.79. The standard InChI is InChI=1S/C11H16N2O2/c14-10-8-3-4-12-5-9(8)11(15)13(10)6-7-1-2-7/h7-9,12H,1-6H2/t8-,9-/m0/s1. The van der Waals surface area contributed by atoms with Gasteiger partial charge in [-0.1, -0.05) is 0 Å². The fraction of sp³-hybridized carbons (Fsp3) is 0.818. The monoisotopic (exact) mass is 208 g/mol. The van der Waals surface area contributed by atoms with Crippen molar-refractivity contribution in [2.24, 2.45) is 17.8 Å². The lowest BCUT2D eigenvalue weighted by Gasteiger charge is -2.21. The second-order valence-corrected chi connectivity index (χ2v) is 4.94. The van der Waals surface area contributed by atoms with Crippen LogP contribution in [0.15, 0.2) is 0 Å². The van der Waals surface area contributed by atoms with Crippen LogP contribution < -0.4 is 5.32 Å². The fourth-order valence-electron chi connectivity index (χ4n) is 2.66. The number of fused-ring (bicyclic) bond motifs is 1. The maximum atomic E-state index is 12.0. The number of piperidine rings is 1. The lowest BCUT2D eigenvalue weighted by atomic mass is 9.89. The lowest BCUT2D eigenvalue weighted by Crippen LogP contribution is -2.38. The first kappa shape index (κ1) is 9.33. The van der Waals surface area contributed by atoms with Crippen molar-refractivity contribution < 1.29 is 9.59 Å². The molecule has 3 aliphatic rings. The first-order chi connectivity index (χ1) is 7.27. The molecule has 1 aliphatic carbocycles. The molecule has 2 aliphatic heterocycles. The first-order valence-electron chi connectivity index (χ1n) is 5.83. The molecule has 0 unspecified atom stereocenters. The summed E-state index contributed by atoms with van der Waals surface area (Å²) in [4.78, 5) is 25.5. The number of nitrogens with one attached hydrogen (secondary N) is 1. The molecule has 2 saturated heterocycles. The van der Waals surface area contributed by atoms with E-state index in [-0.39, 0.29) is 23.7 Å². The summed E-state index contributed by atoms with van der Waals surface area (Å²) in [5.74, 6) is 0.691. The molecule has 82 valence electrons. The Morgan fingerprint density at radius 3 is 2.53 bits per heavy atom. The van der Waals surface area contributed by atoms with Gasteiger partial charge in [0.2, 0.25) is 11.8 Å². The quantitative estimate of drug-likeness (QED) is 0.649. The number of carbonyl (C=O) groups excluding carboxylic acids is 2. The number of likely N-dealkylation sites (tertiary alicyclic amines) is 1. The van der Waals surface area contributed by atoms with Crippen LogP contribution in [0.2, 0.25) is 0 Å². The van der Waals surface area contributed by atoms with Crippen molar-refractivity contribution in [3.05, 3.63) is 0 Å². The minimum Gasteiger partial charge on any atom is -0.316 e. The van der Waals surface area contributed by atoms with Gasteiger partial charge >= 0.3 is 0 Å². The molecule has 1 saturated carbocycles. The smallest absolute Gasteiger partial charge is 0.234 e. The summed E-state index contributed by atoms with van der Waals surface area (Å²) in [6, 6.07) is 0. The van der Waals surface area contributed by atoms with Gasteiger partial charge in [0.15, 0.2) is 0 Å². The van der Waals surface area contributed by atoms with Gasteiger partial charge in [0, 0.05) is 13.1 Å². The summed E-state index contributed by atoms with van der Waals surface area (Å²) in [6.07, 6.45) is 3.20. The predicted molar refractivity (Wildman–Crippen MR) is 53.9 cm³/mol. The van der Waals surface area contributed by atoms with Gasteiger partial charge in [0.25, 0.3) is 0 Å². The van der Waals surface area contributed by atoms with Crippen LogP contribution in [0.4, 0.5) is 0 Å². The number of hydrogen-bond acceptors (Lipinski definition) is 3. The summed E-state index contributed by atoms with van der Waals surface area (Å²) in [5, 5.41) is 3.20. The Bertz CT molecular complexity index is 288. The Balaban J connectivity index is 1.78. The maximum absolute atomic E-state index is 12.0. The van der Waals surface area contributed by atoms with E-state index in [1.807, 2.05) is 0 Å². The number of carbonyl (C=O) groups is 2. The van der Waals surface area contributed by atoms with Gasteiger partial charge in [-0.25, -0.2) is 0 Å². The van der Waals surface area contributed by atoms with E-state index in [9.17, 15) is 9.59 Å². The summed E-state index contributed by atoms with van der Waals surface area (Å²) in [7, 11) is 0. The molecule has 3 rings (SSSR count). The highest BCUT2D eigenvalue weighted by molar-refractivity contribution is 6.05. The molecule has 0 aromatic rings. The zero-order chi connectivity index (χ0) is 10.4. The molecule has 0 radical (unpaired) electrons. The van der Waals surface area contributed by atoms with Crippen LogP contribution in [0.1, 0.15) is 19.3 Å². The number of nitrogens with zero attached hydrogens (tertiary/aromatic N) is 1. The zero-order valence-corrected chi connectivity index (χ0v) is 8.74. The van der Waals surface area contributed by atoms with Crippen LogP contribution >= 0.6 is 0 Å². The van der Waals surface area contributed by atoms with Crippen LogP contribution in [0, 0.1) is 17.8 Å².